The Hall–Kier alpha value is -4.82. The van der Waals surface area contributed by atoms with Crippen molar-refractivity contribution < 1.29 is 19.4 Å². The summed E-state index contributed by atoms with van der Waals surface area (Å²) >= 11 is 0. The molecule has 8 heteroatoms. The van der Waals surface area contributed by atoms with Crippen LogP contribution in [0.25, 0.3) is 0 Å². The van der Waals surface area contributed by atoms with Gasteiger partial charge in [-0.2, -0.15) is 0 Å². The number of piperidine rings is 1. The highest BCUT2D eigenvalue weighted by Gasteiger charge is 2.34. The number of nitrogens with one attached hydrogen (secondary N) is 2. The van der Waals surface area contributed by atoms with E-state index in [1.807, 2.05) is 24.3 Å². The molecule has 1 unspecified atom stereocenters. The van der Waals surface area contributed by atoms with Gasteiger partial charge in [-0.3, -0.25) is 19.8 Å². The quantitative estimate of drug-likeness (QED) is 0.249. The second kappa shape index (κ2) is 12.7. The fourth-order valence-electron chi connectivity index (χ4n) is 6.91. The lowest BCUT2D eigenvalue weighted by Crippen LogP contribution is -2.47. The van der Waals surface area contributed by atoms with E-state index in [9.17, 15) is 14.7 Å². The molecule has 2 saturated heterocycles. The molecular formula is C37H38N4O4. The van der Waals surface area contributed by atoms with E-state index in [2.05, 4.69) is 81.1 Å². The molecule has 0 radical (unpaired) electrons. The number of phenolic OH excluding ortho intramolecular Hbond substituents is 1. The maximum atomic E-state index is 12.2. The molecule has 3 aliphatic heterocycles. The number of amides is 2. The first-order chi connectivity index (χ1) is 22.0. The standard InChI is InChI=1S/C37H38N4O4/c42-30-13-14-31-34(22-30)45-24-32(26-6-2-1-3-7-26)36(31)27-9-11-29(12-10-27)41-19-17-40(18-20-41)23-25-5-4-8-28(21-25)38-33-15-16-35(43)39-37(33)44/h1-14,21-22,32-33,36,38,42H,15-20,23-24H2,(H,39,43,44)/t32-,33?,36-/m1/s1. The van der Waals surface area contributed by atoms with Crippen LogP contribution in [-0.2, 0) is 16.1 Å². The highest BCUT2D eigenvalue weighted by Crippen LogP contribution is 2.47. The number of anilines is 2. The van der Waals surface area contributed by atoms with Crippen LogP contribution in [0, 0.1) is 0 Å². The largest absolute Gasteiger partial charge is 0.508 e. The molecule has 45 heavy (non-hydrogen) atoms. The molecule has 2 fully saturated rings. The van der Waals surface area contributed by atoms with Crippen LogP contribution >= 0.6 is 0 Å². The predicted octanol–water partition coefficient (Wildman–Crippen LogP) is 5.24. The van der Waals surface area contributed by atoms with Gasteiger partial charge in [0.25, 0.3) is 0 Å². The Kier molecular flexibility index (Phi) is 8.13. The normalized spacial score (nSPS) is 21.9. The summed E-state index contributed by atoms with van der Waals surface area (Å²) in [5.74, 6) is 0.819. The fraction of sp³-hybridized carbons (Fsp3) is 0.297. The SMILES string of the molecule is O=C1CCC(Nc2cccc(CN3CCN(c4ccc([C@@H]5c6ccc(O)cc6OC[C@@H]5c5ccccc5)cc4)CC3)c2)C(=O)N1. The van der Waals surface area contributed by atoms with Crippen LogP contribution in [0.1, 0.15) is 46.9 Å². The molecule has 8 nitrogen and oxygen atoms in total. The van der Waals surface area contributed by atoms with E-state index in [1.165, 1.54) is 22.4 Å². The van der Waals surface area contributed by atoms with Gasteiger partial charge in [-0.25, -0.2) is 0 Å². The minimum Gasteiger partial charge on any atom is -0.508 e. The number of carbonyl (C=O) groups is 2. The first kappa shape index (κ1) is 28.9. The topological polar surface area (TPSA) is 94.1 Å². The number of piperazine rings is 1. The van der Waals surface area contributed by atoms with E-state index >= 15 is 0 Å². The van der Waals surface area contributed by atoms with Gasteiger partial charge in [-0.05, 0) is 53.4 Å². The molecule has 0 aromatic heterocycles. The Balaban J connectivity index is 0.998. The Bertz CT molecular complexity index is 1670. The van der Waals surface area contributed by atoms with Gasteiger partial charge in [-0.15, -0.1) is 0 Å². The lowest BCUT2D eigenvalue weighted by Gasteiger charge is -2.37. The van der Waals surface area contributed by atoms with Crippen LogP contribution in [-0.4, -0.2) is 60.6 Å². The van der Waals surface area contributed by atoms with Gasteiger partial charge in [0.15, 0.2) is 0 Å². The van der Waals surface area contributed by atoms with Crippen molar-refractivity contribution in [3.63, 3.8) is 0 Å². The number of benzene rings is 4. The van der Waals surface area contributed by atoms with Gasteiger partial charge in [0.05, 0.1) is 6.61 Å². The lowest BCUT2D eigenvalue weighted by molar-refractivity contribution is -0.133. The molecule has 7 rings (SSSR count). The molecule has 0 saturated carbocycles. The third-order valence-electron chi connectivity index (χ3n) is 9.28. The third kappa shape index (κ3) is 6.37. The second-order valence-electron chi connectivity index (χ2n) is 12.2. The summed E-state index contributed by atoms with van der Waals surface area (Å²) in [7, 11) is 0. The average Bonchev–Trinajstić information content (AvgIpc) is 3.06. The van der Waals surface area contributed by atoms with Gasteiger partial charge < -0.3 is 20.1 Å². The van der Waals surface area contributed by atoms with Gasteiger partial charge in [0, 0.05) is 74.0 Å². The van der Waals surface area contributed by atoms with Crippen molar-refractivity contribution in [1.82, 2.24) is 10.2 Å². The fourth-order valence-corrected chi connectivity index (χ4v) is 6.91. The molecule has 3 N–H and O–H groups in total. The van der Waals surface area contributed by atoms with Crippen LogP contribution in [0.3, 0.4) is 0 Å². The molecule has 3 atom stereocenters. The van der Waals surface area contributed by atoms with Crippen molar-refractivity contribution in [3.05, 3.63) is 119 Å². The van der Waals surface area contributed by atoms with Crippen LogP contribution in [0.2, 0.25) is 0 Å². The van der Waals surface area contributed by atoms with Crippen LogP contribution in [0.4, 0.5) is 11.4 Å². The second-order valence-corrected chi connectivity index (χ2v) is 12.2. The zero-order valence-electron chi connectivity index (χ0n) is 25.2. The number of aromatic hydroxyl groups is 1. The van der Waals surface area contributed by atoms with Gasteiger partial charge >= 0.3 is 0 Å². The molecule has 3 aliphatic rings. The number of carbonyl (C=O) groups excluding carboxylic acids is 2. The summed E-state index contributed by atoms with van der Waals surface area (Å²) in [4.78, 5) is 28.6. The molecule has 2 amide bonds. The summed E-state index contributed by atoms with van der Waals surface area (Å²) in [5.41, 5.74) is 6.92. The molecule has 0 spiro atoms. The Morgan fingerprint density at radius 1 is 0.844 bits per heavy atom. The molecule has 230 valence electrons. The highest BCUT2D eigenvalue weighted by atomic mass is 16.5. The smallest absolute Gasteiger partial charge is 0.249 e. The predicted molar refractivity (Wildman–Crippen MR) is 175 cm³/mol. The highest BCUT2D eigenvalue weighted by molar-refractivity contribution is 6.01. The van der Waals surface area contributed by atoms with Crippen LogP contribution < -0.4 is 20.3 Å². The number of phenols is 1. The molecule has 0 bridgehead atoms. The zero-order chi connectivity index (χ0) is 30.8. The van der Waals surface area contributed by atoms with Crippen molar-refractivity contribution >= 4 is 23.2 Å². The minimum absolute atomic E-state index is 0.128. The number of imide groups is 1. The number of ether oxygens (including phenoxy) is 1. The van der Waals surface area contributed by atoms with E-state index in [-0.39, 0.29) is 35.4 Å². The van der Waals surface area contributed by atoms with Crippen LogP contribution in [0.5, 0.6) is 11.5 Å². The van der Waals surface area contributed by atoms with Crippen LogP contribution in [0.15, 0.2) is 97.1 Å². The molecule has 4 aromatic rings. The van der Waals surface area contributed by atoms with Crippen molar-refractivity contribution in [3.8, 4) is 11.5 Å². The number of fused-ring (bicyclic) bond motifs is 1. The summed E-state index contributed by atoms with van der Waals surface area (Å²) in [6.45, 7) is 5.21. The van der Waals surface area contributed by atoms with Gasteiger partial charge in [0.2, 0.25) is 11.8 Å². The van der Waals surface area contributed by atoms with Crippen molar-refractivity contribution in [1.29, 1.82) is 0 Å². The lowest BCUT2D eigenvalue weighted by atomic mass is 9.76. The third-order valence-corrected chi connectivity index (χ3v) is 9.28. The number of rotatable bonds is 7. The summed E-state index contributed by atoms with van der Waals surface area (Å²) < 4.78 is 6.14. The summed E-state index contributed by atoms with van der Waals surface area (Å²) in [6.07, 6.45) is 0.873. The number of hydrogen-bond acceptors (Lipinski definition) is 7. The summed E-state index contributed by atoms with van der Waals surface area (Å²) in [5, 5.41) is 15.8. The van der Waals surface area contributed by atoms with Gasteiger partial charge in [0.1, 0.15) is 17.5 Å². The maximum Gasteiger partial charge on any atom is 0.249 e. The van der Waals surface area contributed by atoms with E-state index in [4.69, 9.17) is 4.74 Å². The van der Waals surface area contributed by atoms with Gasteiger partial charge in [-0.1, -0.05) is 60.7 Å². The Morgan fingerprint density at radius 3 is 2.42 bits per heavy atom. The molecule has 4 aromatic carbocycles. The zero-order valence-corrected chi connectivity index (χ0v) is 25.2. The Morgan fingerprint density at radius 2 is 1.64 bits per heavy atom. The molecule has 0 aliphatic carbocycles. The first-order valence-electron chi connectivity index (χ1n) is 15.8. The van der Waals surface area contributed by atoms with E-state index in [1.54, 1.807) is 12.1 Å². The average molecular weight is 603 g/mol. The number of nitrogens with zero attached hydrogens (tertiary/aromatic N) is 2. The Labute approximate surface area is 263 Å². The van der Waals surface area contributed by atoms with E-state index in [0.29, 0.717) is 19.4 Å². The monoisotopic (exact) mass is 602 g/mol. The van der Waals surface area contributed by atoms with Crippen molar-refractivity contribution in [2.75, 3.05) is 43.0 Å². The summed E-state index contributed by atoms with van der Waals surface area (Å²) in [6, 6.07) is 32.9. The van der Waals surface area contributed by atoms with Crippen molar-refractivity contribution in [2.24, 2.45) is 0 Å². The van der Waals surface area contributed by atoms with E-state index in [0.717, 1.165) is 49.7 Å². The van der Waals surface area contributed by atoms with E-state index < -0.39 is 0 Å². The molecule has 3 heterocycles. The molecular weight excluding hydrogens is 564 g/mol. The number of hydrogen-bond donors (Lipinski definition) is 3. The van der Waals surface area contributed by atoms with Crippen molar-refractivity contribution in [2.45, 2.75) is 37.3 Å². The first-order valence-corrected chi connectivity index (χ1v) is 15.8. The minimum atomic E-state index is -0.383. The maximum absolute atomic E-state index is 12.2.